The average molecular weight is 367 g/mol. The molecule has 0 aliphatic carbocycles. The van der Waals surface area contributed by atoms with Gasteiger partial charge in [0.05, 0.1) is 7.11 Å². The number of carbonyl (C=O) groups is 1. The highest BCUT2D eigenvalue weighted by atomic mass is 16.5. The minimum absolute atomic E-state index is 0.173. The summed E-state index contributed by atoms with van der Waals surface area (Å²) in [4.78, 5) is 12.0. The van der Waals surface area contributed by atoms with Crippen LogP contribution in [0.1, 0.15) is 17.5 Å². The molecule has 2 rings (SSSR count). The smallest absolute Gasteiger partial charge is 0.248 e. The highest BCUT2D eigenvalue weighted by molar-refractivity contribution is 5.80. The average Bonchev–Trinajstić information content (AvgIpc) is 2.71. The topological polar surface area (TPSA) is 67.8 Å². The Balaban J connectivity index is 1.77. The molecule has 2 N–H and O–H groups in total. The summed E-state index contributed by atoms with van der Waals surface area (Å²) in [6, 6.07) is 15.3. The van der Waals surface area contributed by atoms with E-state index in [9.17, 15) is 9.90 Å². The molecule has 2 aromatic carbocycles. The molecule has 0 unspecified atom stereocenters. The highest BCUT2D eigenvalue weighted by Gasteiger charge is 2.14. The minimum atomic E-state index is -1.01. The van der Waals surface area contributed by atoms with Crippen molar-refractivity contribution in [2.45, 2.75) is 25.4 Å². The van der Waals surface area contributed by atoms with Crippen LogP contribution in [0.3, 0.4) is 0 Å². The van der Waals surface area contributed by atoms with E-state index in [0.29, 0.717) is 37.3 Å². The summed E-state index contributed by atoms with van der Waals surface area (Å²) in [5, 5.41) is 12.8. The van der Waals surface area contributed by atoms with Crippen molar-refractivity contribution < 1.29 is 19.4 Å². The molecule has 0 aliphatic rings. The molecule has 0 radical (unpaired) electrons. The van der Waals surface area contributed by atoms with Crippen LogP contribution < -0.4 is 14.8 Å². The van der Waals surface area contributed by atoms with Gasteiger partial charge in [0.15, 0.2) is 11.5 Å². The van der Waals surface area contributed by atoms with Gasteiger partial charge in [-0.2, -0.15) is 0 Å². The van der Waals surface area contributed by atoms with E-state index < -0.39 is 6.10 Å². The van der Waals surface area contributed by atoms with Gasteiger partial charge >= 0.3 is 0 Å². The predicted octanol–water partition coefficient (Wildman–Crippen LogP) is 2.36. The van der Waals surface area contributed by atoms with Gasteiger partial charge in [0.2, 0.25) is 5.91 Å². The van der Waals surface area contributed by atoms with Crippen molar-refractivity contribution in [2.24, 2.45) is 0 Å². The molecule has 0 bridgehead atoms. The van der Waals surface area contributed by atoms with Gasteiger partial charge in [0.1, 0.15) is 12.7 Å². The predicted molar refractivity (Wildman–Crippen MR) is 105 cm³/mol. The number of benzene rings is 2. The summed E-state index contributed by atoms with van der Waals surface area (Å²) < 4.78 is 10.7. The van der Waals surface area contributed by atoms with E-state index in [1.54, 1.807) is 13.2 Å². The maximum absolute atomic E-state index is 12.0. The van der Waals surface area contributed by atoms with Crippen LogP contribution in [0.2, 0.25) is 0 Å². The van der Waals surface area contributed by atoms with Crippen molar-refractivity contribution in [1.29, 1.82) is 0 Å². The number of ether oxygens (including phenoxy) is 2. The molecule has 1 atom stereocenters. The molecule has 0 fully saturated rings. The minimum Gasteiger partial charge on any atom is -0.493 e. The number of terminal acetylenes is 1. The lowest BCUT2D eigenvalue weighted by atomic mass is 10.1. The zero-order valence-electron chi connectivity index (χ0n) is 15.5. The van der Waals surface area contributed by atoms with E-state index in [-0.39, 0.29) is 12.5 Å². The number of hydrogen-bond donors (Lipinski definition) is 2. The second kappa shape index (κ2) is 10.9. The van der Waals surface area contributed by atoms with E-state index in [1.165, 1.54) is 0 Å². The van der Waals surface area contributed by atoms with Crippen molar-refractivity contribution in [3.63, 3.8) is 0 Å². The lowest BCUT2D eigenvalue weighted by Gasteiger charge is -2.13. The maximum atomic E-state index is 12.0. The number of hydrogen-bond acceptors (Lipinski definition) is 4. The third-order valence-corrected chi connectivity index (χ3v) is 4.10. The number of rotatable bonds is 10. The fourth-order valence-corrected chi connectivity index (χ4v) is 2.63. The van der Waals surface area contributed by atoms with Crippen LogP contribution in [-0.2, 0) is 17.6 Å². The summed E-state index contributed by atoms with van der Waals surface area (Å²) in [6.45, 7) is 0.599. The first-order chi connectivity index (χ1) is 13.1. The van der Waals surface area contributed by atoms with E-state index in [1.807, 2.05) is 42.5 Å². The van der Waals surface area contributed by atoms with Gasteiger partial charge in [-0.15, -0.1) is 6.42 Å². The Kier molecular flexibility index (Phi) is 8.21. The van der Waals surface area contributed by atoms with Gasteiger partial charge in [-0.25, -0.2) is 0 Å². The molecule has 0 saturated heterocycles. The van der Waals surface area contributed by atoms with Crippen LogP contribution >= 0.6 is 0 Å². The van der Waals surface area contributed by atoms with Crippen LogP contribution in [0.4, 0.5) is 0 Å². The number of aryl methyl sites for hydroxylation is 1. The van der Waals surface area contributed by atoms with Crippen LogP contribution in [0.5, 0.6) is 11.5 Å². The lowest BCUT2D eigenvalue weighted by molar-refractivity contribution is -0.129. The summed E-state index contributed by atoms with van der Waals surface area (Å²) in [7, 11) is 1.56. The SMILES string of the molecule is C#CCOc1ccc(CCNC(=O)[C@H](O)CCc2ccccc2)cc1OC. The highest BCUT2D eigenvalue weighted by Crippen LogP contribution is 2.28. The van der Waals surface area contributed by atoms with Crippen molar-refractivity contribution >= 4 is 5.91 Å². The standard InChI is InChI=1S/C22H25NO4/c1-3-15-27-20-12-10-18(16-21(20)26-2)13-14-23-22(25)19(24)11-9-17-7-5-4-6-8-17/h1,4-8,10,12,16,19,24H,9,11,13-15H2,2H3,(H,23,25)/t19-/m1/s1. The van der Waals surface area contributed by atoms with E-state index in [0.717, 1.165) is 11.1 Å². The molecule has 1 amide bonds. The summed E-state index contributed by atoms with van der Waals surface area (Å²) in [6.07, 6.45) is 5.85. The Morgan fingerprint density at radius 3 is 2.63 bits per heavy atom. The lowest BCUT2D eigenvalue weighted by Crippen LogP contribution is -2.36. The molecule has 0 heterocycles. The Morgan fingerprint density at radius 1 is 1.15 bits per heavy atom. The molecule has 5 heteroatoms. The Bertz CT molecular complexity index is 768. The number of methoxy groups -OCH3 is 1. The molecule has 27 heavy (non-hydrogen) atoms. The van der Waals surface area contributed by atoms with Gasteiger partial charge in [-0.3, -0.25) is 4.79 Å². The number of carbonyl (C=O) groups excluding carboxylic acids is 1. The first-order valence-electron chi connectivity index (χ1n) is 8.87. The fourth-order valence-electron chi connectivity index (χ4n) is 2.63. The number of aliphatic hydroxyl groups excluding tert-OH is 1. The third-order valence-electron chi connectivity index (χ3n) is 4.10. The molecule has 142 valence electrons. The van der Waals surface area contributed by atoms with Gasteiger partial charge in [0.25, 0.3) is 0 Å². The molecule has 0 aromatic heterocycles. The van der Waals surface area contributed by atoms with Crippen molar-refractivity contribution in [3.05, 3.63) is 59.7 Å². The number of amides is 1. The van der Waals surface area contributed by atoms with Crippen molar-refractivity contribution in [3.8, 4) is 23.8 Å². The van der Waals surface area contributed by atoms with Crippen molar-refractivity contribution in [1.82, 2.24) is 5.32 Å². The summed E-state index contributed by atoms with van der Waals surface area (Å²) >= 11 is 0. The van der Waals surface area contributed by atoms with Crippen LogP contribution in [-0.4, -0.2) is 37.4 Å². The summed E-state index contributed by atoms with van der Waals surface area (Å²) in [5.41, 5.74) is 2.09. The molecular formula is C22H25NO4. The van der Waals surface area contributed by atoms with Crippen LogP contribution in [0.15, 0.2) is 48.5 Å². The maximum Gasteiger partial charge on any atom is 0.248 e. The van der Waals surface area contributed by atoms with E-state index in [2.05, 4.69) is 11.2 Å². The van der Waals surface area contributed by atoms with Gasteiger partial charge in [-0.1, -0.05) is 42.3 Å². The van der Waals surface area contributed by atoms with Gasteiger partial charge in [-0.05, 0) is 42.5 Å². The quantitative estimate of drug-likeness (QED) is 0.633. The molecule has 0 saturated carbocycles. The molecule has 2 aromatic rings. The largest absolute Gasteiger partial charge is 0.493 e. The molecule has 0 spiro atoms. The van der Waals surface area contributed by atoms with Crippen LogP contribution in [0, 0.1) is 12.3 Å². The fraction of sp³-hybridized carbons (Fsp3) is 0.318. The van der Waals surface area contributed by atoms with Crippen molar-refractivity contribution in [2.75, 3.05) is 20.3 Å². The first-order valence-corrected chi connectivity index (χ1v) is 8.87. The van der Waals surface area contributed by atoms with E-state index >= 15 is 0 Å². The normalized spacial score (nSPS) is 11.3. The zero-order chi connectivity index (χ0) is 19.5. The number of nitrogens with one attached hydrogen (secondary N) is 1. The van der Waals surface area contributed by atoms with Crippen LogP contribution in [0.25, 0.3) is 0 Å². The molecule has 0 aliphatic heterocycles. The number of aliphatic hydroxyl groups is 1. The Morgan fingerprint density at radius 2 is 1.93 bits per heavy atom. The Labute approximate surface area is 160 Å². The first kappa shape index (κ1) is 20.3. The second-order valence-corrected chi connectivity index (χ2v) is 6.06. The van der Waals surface area contributed by atoms with E-state index in [4.69, 9.17) is 15.9 Å². The summed E-state index contributed by atoms with van der Waals surface area (Å²) in [5.74, 6) is 3.23. The molecule has 5 nitrogen and oxygen atoms in total. The van der Waals surface area contributed by atoms with Gasteiger partial charge < -0.3 is 19.9 Å². The second-order valence-electron chi connectivity index (χ2n) is 6.06. The molecular weight excluding hydrogens is 342 g/mol. The zero-order valence-corrected chi connectivity index (χ0v) is 15.5. The monoisotopic (exact) mass is 367 g/mol. The Hall–Kier alpha value is -2.97. The van der Waals surface area contributed by atoms with Gasteiger partial charge in [0, 0.05) is 6.54 Å². The third kappa shape index (κ3) is 6.69.